The molecular formula is C9H16NO2. The van der Waals surface area contributed by atoms with Gasteiger partial charge in [0.2, 0.25) is 0 Å². The summed E-state index contributed by atoms with van der Waals surface area (Å²) in [6.45, 7) is -0.604. The van der Waals surface area contributed by atoms with Crippen molar-refractivity contribution in [2.45, 2.75) is 38.1 Å². The Labute approximate surface area is 73.4 Å². The fraction of sp³-hybridized carbons (Fsp3) is 0.889. The molecule has 0 aromatic rings. The minimum atomic E-state index is -0.604. The molecule has 1 fully saturated rings. The molecule has 1 aliphatic carbocycles. The molecule has 0 atom stereocenters. The first-order valence-corrected chi connectivity index (χ1v) is 4.59. The number of rotatable bonds is 2. The molecule has 1 aliphatic rings. The zero-order chi connectivity index (χ0) is 8.97. The van der Waals surface area contributed by atoms with Crippen molar-refractivity contribution in [2.24, 2.45) is 0 Å². The lowest BCUT2D eigenvalue weighted by Gasteiger charge is -2.30. The van der Waals surface area contributed by atoms with Gasteiger partial charge in [0.25, 0.3) is 5.91 Å². The lowest BCUT2D eigenvalue weighted by molar-refractivity contribution is -0.137. The average Bonchev–Trinajstić information content (AvgIpc) is 2.17. The van der Waals surface area contributed by atoms with Crippen molar-refractivity contribution in [1.29, 1.82) is 0 Å². The topological polar surface area (TPSA) is 40.2 Å². The van der Waals surface area contributed by atoms with Crippen LogP contribution < -0.4 is 0 Å². The molecule has 12 heavy (non-hydrogen) atoms. The van der Waals surface area contributed by atoms with E-state index in [1.807, 2.05) is 0 Å². The first-order valence-electron chi connectivity index (χ1n) is 4.59. The Bertz CT molecular complexity index is 153. The zero-order valence-electron chi connectivity index (χ0n) is 7.58. The summed E-state index contributed by atoms with van der Waals surface area (Å²) in [5.41, 5.74) is 0. The third-order valence-electron chi connectivity index (χ3n) is 2.64. The van der Waals surface area contributed by atoms with E-state index < -0.39 is 6.61 Å². The van der Waals surface area contributed by atoms with E-state index in [-0.39, 0.29) is 5.91 Å². The number of carbonyl (C=O) groups excluding carboxylic acids is 1. The van der Waals surface area contributed by atoms with Gasteiger partial charge in [-0.3, -0.25) is 4.79 Å². The molecule has 3 nitrogen and oxygen atoms in total. The summed E-state index contributed by atoms with van der Waals surface area (Å²) < 4.78 is 0. The second-order valence-electron chi connectivity index (χ2n) is 3.44. The second kappa shape index (κ2) is 4.45. The molecule has 0 bridgehead atoms. The minimum Gasteiger partial charge on any atom is -0.341 e. The van der Waals surface area contributed by atoms with Crippen molar-refractivity contribution in [2.75, 3.05) is 13.7 Å². The highest BCUT2D eigenvalue weighted by Gasteiger charge is 2.21. The molecule has 1 radical (unpaired) electrons. The predicted molar refractivity (Wildman–Crippen MR) is 45.2 cm³/mol. The van der Waals surface area contributed by atoms with E-state index in [0.717, 1.165) is 12.8 Å². The van der Waals surface area contributed by atoms with E-state index in [1.54, 1.807) is 11.9 Å². The highest BCUT2D eigenvalue weighted by atomic mass is 16.3. The van der Waals surface area contributed by atoms with E-state index >= 15 is 0 Å². The maximum absolute atomic E-state index is 11.0. The Hall–Kier alpha value is -0.570. The molecule has 0 N–H and O–H groups in total. The van der Waals surface area contributed by atoms with Gasteiger partial charge in [0.15, 0.2) is 6.61 Å². The molecule has 1 amide bonds. The highest BCUT2D eigenvalue weighted by molar-refractivity contribution is 5.77. The monoisotopic (exact) mass is 170 g/mol. The van der Waals surface area contributed by atoms with Gasteiger partial charge in [-0.2, -0.15) is 0 Å². The Balaban J connectivity index is 2.39. The Kier molecular flexibility index (Phi) is 3.53. The van der Waals surface area contributed by atoms with Crippen LogP contribution in [0.4, 0.5) is 0 Å². The van der Waals surface area contributed by atoms with Crippen LogP contribution in [0.15, 0.2) is 0 Å². The van der Waals surface area contributed by atoms with Crippen LogP contribution in [0.2, 0.25) is 0 Å². The molecule has 0 heterocycles. The largest absolute Gasteiger partial charge is 0.341 e. The van der Waals surface area contributed by atoms with E-state index in [9.17, 15) is 9.90 Å². The first-order chi connectivity index (χ1) is 5.75. The molecule has 69 valence electrons. The zero-order valence-corrected chi connectivity index (χ0v) is 7.58. The van der Waals surface area contributed by atoms with Crippen molar-refractivity contribution in [3.05, 3.63) is 0 Å². The van der Waals surface area contributed by atoms with Crippen LogP contribution >= 0.6 is 0 Å². The SMILES string of the molecule is CN(C(=O)C[O])C1CCCCC1. The predicted octanol–water partition coefficient (Wildman–Crippen LogP) is 1.21. The van der Waals surface area contributed by atoms with Gasteiger partial charge in [-0.15, -0.1) is 0 Å². The number of hydrogen-bond acceptors (Lipinski definition) is 1. The van der Waals surface area contributed by atoms with Crippen LogP contribution in [-0.4, -0.2) is 30.5 Å². The summed E-state index contributed by atoms with van der Waals surface area (Å²) >= 11 is 0. The van der Waals surface area contributed by atoms with Crippen LogP contribution in [-0.2, 0) is 9.90 Å². The van der Waals surface area contributed by atoms with Crippen LogP contribution in [0.5, 0.6) is 0 Å². The maximum Gasteiger partial charge on any atom is 0.251 e. The number of nitrogens with zero attached hydrogens (tertiary/aromatic N) is 1. The van der Waals surface area contributed by atoms with Gasteiger partial charge < -0.3 is 4.90 Å². The Morgan fingerprint density at radius 3 is 2.42 bits per heavy atom. The standard InChI is InChI=1S/C9H16NO2/c1-10(9(12)7-11)8-5-3-2-4-6-8/h8H,2-7H2,1H3. The summed E-state index contributed by atoms with van der Waals surface area (Å²) in [5, 5.41) is 10.3. The average molecular weight is 170 g/mol. The van der Waals surface area contributed by atoms with Crippen molar-refractivity contribution < 1.29 is 9.90 Å². The van der Waals surface area contributed by atoms with Crippen LogP contribution in [0.3, 0.4) is 0 Å². The van der Waals surface area contributed by atoms with E-state index in [2.05, 4.69) is 0 Å². The van der Waals surface area contributed by atoms with Gasteiger partial charge >= 0.3 is 0 Å². The quantitative estimate of drug-likeness (QED) is 0.614. The van der Waals surface area contributed by atoms with Gasteiger partial charge in [0, 0.05) is 13.1 Å². The first kappa shape index (κ1) is 9.52. The van der Waals surface area contributed by atoms with Crippen molar-refractivity contribution in [3.63, 3.8) is 0 Å². The fourth-order valence-electron chi connectivity index (χ4n) is 1.77. The normalized spacial score (nSPS) is 19.2. The molecule has 0 aliphatic heterocycles. The maximum atomic E-state index is 11.0. The van der Waals surface area contributed by atoms with Gasteiger partial charge in [0.1, 0.15) is 0 Å². The molecular weight excluding hydrogens is 154 g/mol. The van der Waals surface area contributed by atoms with Crippen LogP contribution in [0.1, 0.15) is 32.1 Å². The van der Waals surface area contributed by atoms with Crippen molar-refractivity contribution in [3.8, 4) is 0 Å². The van der Waals surface area contributed by atoms with E-state index in [1.165, 1.54) is 19.3 Å². The molecule has 0 unspecified atom stereocenters. The number of likely N-dealkylation sites (N-methyl/N-ethyl adjacent to an activating group) is 1. The second-order valence-corrected chi connectivity index (χ2v) is 3.44. The Morgan fingerprint density at radius 1 is 1.33 bits per heavy atom. The number of hydrogen-bond donors (Lipinski definition) is 0. The van der Waals surface area contributed by atoms with Crippen molar-refractivity contribution >= 4 is 5.91 Å². The van der Waals surface area contributed by atoms with Gasteiger partial charge in [-0.05, 0) is 12.8 Å². The summed E-state index contributed by atoms with van der Waals surface area (Å²) in [7, 11) is 1.75. The molecule has 0 aromatic heterocycles. The van der Waals surface area contributed by atoms with E-state index in [0.29, 0.717) is 6.04 Å². The highest BCUT2D eigenvalue weighted by Crippen LogP contribution is 2.21. The third-order valence-corrected chi connectivity index (χ3v) is 2.64. The number of amides is 1. The van der Waals surface area contributed by atoms with Gasteiger partial charge in [0.05, 0.1) is 0 Å². The molecule has 0 spiro atoms. The van der Waals surface area contributed by atoms with Crippen LogP contribution in [0, 0.1) is 0 Å². The summed E-state index contributed by atoms with van der Waals surface area (Å²) in [6.07, 6.45) is 5.81. The fourth-order valence-corrected chi connectivity index (χ4v) is 1.77. The Morgan fingerprint density at radius 2 is 1.92 bits per heavy atom. The minimum absolute atomic E-state index is 0.262. The summed E-state index contributed by atoms with van der Waals surface area (Å²) in [5.74, 6) is -0.262. The smallest absolute Gasteiger partial charge is 0.251 e. The summed E-state index contributed by atoms with van der Waals surface area (Å²) in [4.78, 5) is 12.7. The van der Waals surface area contributed by atoms with Gasteiger partial charge in [-0.25, -0.2) is 5.11 Å². The number of carbonyl (C=O) groups is 1. The molecule has 1 rings (SSSR count). The van der Waals surface area contributed by atoms with Crippen LogP contribution in [0.25, 0.3) is 0 Å². The lowest BCUT2D eigenvalue weighted by Crippen LogP contribution is -2.39. The van der Waals surface area contributed by atoms with E-state index in [4.69, 9.17) is 0 Å². The molecule has 0 aromatic carbocycles. The molecule has 3 heteroatoms. The third kappa shape index (κ3) is 2.21. The van der Waals surface area contributed by atoms with Crippen molar-refractivity contribution in [1.82, 2.24) is 4.90 Å². The summed E-state index contributed by atoms with van der Waals surface area (Å²) in [6, 6.07) is 0.334. The molecule has 0 saturated heterocycles. The van der Waals surface area contributed by atoms with Gasteiger partial charge in [-0.1, -0.05) is 19.3 Å². The lowest BCUT2D eigenvalue weighted by atomic mass is 9.94. The molecule has 1 saturated carbocycles.